The number of hydrogen-bond donors (Lipinski definition) is 1. The molecule has 0 fully saturated rings. The molecule has 0 aliphatic rings. The monoisotopic (exact) mass is 291 g/mol. The molecule has 110 valence electrons. The predicted molar refractivity (Wildman–Crippen MR) is 88.7 cm³/mol. The molecular formula is C18H17N3O. The number of nitrogens with one attached hydrogen (secondary N) is 1. The highest BCUT2D eigenvalue weighted by atomic mass is 16.2. The summed E-state index contributed by atoms with van der Waals surface area (Å²) in [7, 11) is 1.77. The number of aromatic nitrogens is 1. The molecule has 1 N–H and O–H groups in total. The molecule has 0 saturated heterocycles. The molecule has 3 rings (SSSR count). The lowest BCUT2D eigenvalue weighted by atomic mass is 10.1. The van der Waals surface area contributed by atoms with E-state index in [1.54, 1.807) is 24.3 Å². The van der Waals surface area contributed by atoms with Crippen molar-refractivity contribution in [2.45, 2.75) is 6.54 Å². The van der Waals surface area contributed by atoms with E-state index < -0.39 is 0 Å². The summed E-state index contributed by atoms with van der Waals surface area (Å²) in [6.07, 6.45) is 3.49. The van der Waals surface area contributed by atoms with Crippen LogP contribution in [0.1, 0.15) is 5.56 Å². The minimum absolute atomic E-state index is 0.139. The van der Waals surface area contributed by atoms with Gasteiger partial charge < -0.3 is 10.2 Å². The number of nitrogens with zero attached hydrogens (tertiary/aromatic N) is 2. The molecule has 0 aliphatic carbocycles. The minimum atomic E-state index is -0.139. The van der Waals surface area contributed by atoms with Crippen LogP contribution in [0.25, 0.3) is 10.8 Å². The number of anilines is 1. The van der Waals surface area contributed by atoms with Crippen molar-refractivity contribution in [2.24, 2.45) is 0 Å². The highest BCUT2D eigenvalue weighted by molar-refractivity contribution is 6.01. The van der Waals surface area contributed by atoms with Gasteiger partial charge in [0.15, 0.2) is 0 Å². The smallest absolute Gasteiger partial charge is 0.321 e. The molecule has 4 nitrogen and oxygen atoms in total. The number of rotatable bonds is 3. The number of fused-ring (bicyclic) bond motifs is 1. The number of benzene rings is 2. The molecular weight excluding hydrogens is 274 g/mol. The second-order valence-electron chi connectivity index (χ2n) is 5.17. The van der Waals surface area contributed by atoms with Crippen LogP contribution in [0.3, 0.4) is 0 Å². The van der Waals surface area contributed by atoms with Crippen LogP contribution in [-0.2, 0) is 6.54 Å². The fourth-order valence-electron chi connectivity index (χ4n) is 2.38. The summed E-state index contributed by atoms with van der Waals surface area (Å²) in [5.41, 5.74) is 1.82. The van der Waals surface area contributed by atoms with Crippen molar-refractivity contribution in [3.8, 4) is 0 Å². The lowest BCUT2D eigenvalue weighted by Crippen LogP contribution is -2.30. The molecule has 1 aromatic heterocycles. The standard InChI is InChI=1S/C18H17N3O/c1-21(13-14-6-5-11-19-12-14)18(22)20-17-10-4-8-15-7-2-3-9-16(15)17/h2-12H,13H2,1H3,(H,20,22). The number of pyridine rings is 1. The minimum Gasteiger partial charge on any atom is -0.323 e. The van der Waals surface area contributed by atoms with Gasteiger partial charge in [0.05, 0.1) is 5.69 Å². The zero-order valence-corrected chi connectivity index (χ0v) is 12.4. The topological polar surface area (TPSA) is 45.2 Å². The Hall–Kier alpha value is -2.88. The van der Waals surface area contributed by atoms with Crippen LogP contribution in [-0.4, -0.2) is 23.0 Å². The first kappa shape index (κ1) is 14.1. The normalized spacial score (nSPS) is 10.4. The van der Waals surface area contributed by atoms with E-state index in [0.717, 1.165) is 22.0 Å². The van der Waals surface area contributed by atoms with Crippen LogP contribution >= 0.6 is 0 Å². The molecule has 2 amide bonds. The molecule has 0 aliphatic heterocycles. The summed E-state index contributed by atoms with van der Waals surface area (Å²) in [5, 5.41) is 5.11. The second kappa shape index (κ2) is 6.26. The third kappa shape index (κ3) is 3.06. The maximum atomic E-state index is 12.4. The molecule has 0 spiro atoms. The van der Waals surface area contributed by atoms with Gasteiger partial charge in [0, 0.05) is 31.4 Å². The maximum Gasteiger partial charge on any atom is 0.321 e. The summed E-state index contributed by atoms with van der Waals surface area (Å²) < 4.78 is 0. The number of hydrogen-bond acceptors (Lipinski definition) is 2. The Morgan fingerprint density at radius 2 is 1.91 bits per heavy atom. The molecule has 3 aromatic rings. The van der Waals surface area contributed by atoms with Crippen molar-refractivity contribution >= 4 is 22.5 Å². The summed E-state index contributed by atoms with van der Waals surface area (Å²) in [4.78, 5) is 18.1. The third-order valence-corrected chi connectivity index (χ3v) is 3.52. The predicted octanol–water partition coefficient (Wildman–Crippen LogP) is 3.90. The SMILES string of the molecule is CN(Cc1cccnc1)C(=O)Nc1cccc2ccccc12. The Balaban J connectivity index is 1.75. The van der Waals surface area contributed by atoms with Crippen molar-refractivity contribution in [1.29, 1.82) is 0 Å². The van der Waals surface area contributed by atoms with Crippen LogP contribution in [0.15, 0.2) is 67.0 Å². The van der Waals surface area contributed by atoms with E-state index in [0.29, 0.717) is 6.54 Å². The summed E-state index contributed by atoms with van der Waals surface area (Å²) >= 11 is 0. The Bertz CT molecular complexity index is 781. The van der Waals surface area contributed by atoms with E-state index in [1.165, 1.54) is 0 Å². The molecule has 1 heterocycles. The van der Waals surface area contributed by atoms with Gasteiger partial charge >= 0.3 is 6.03 Å². The van der Waals surface area contributed by atoms with Gasteiger partial charge in [-0.2, -0.15) is 0 Å². The average Bonchev–Trinajstić information content (AvgIpc) is 2.56. The largest absolute Gasteiger partial charge is 0.323 e. The van der Waals surface area contributed by atoms with Crippen molar-refractivity contribution < 1.29 is 4.79 Å². The summed E-state index contributed by atoms with van der Waals surface area (Å²) in [6, 6.07) is 17.6. The first-order valence-electron chi connectivity index (χ1n) is 7.13. The van der Waals surface area contributed by atoms with Crippen LogP contribution in [0, 0.1) is 0 Å². The fourth-order valence-corrected chi connectivity index (χ4v) is 2.38. The molecule has 4 heteroatoms. The van der Waals surface area contributed by atoms with Gasteiger partial charge in [-0.1, -0.05) is 42.5 Å². The van der Waals surface area contributed by atoms with Crippen LogP contribution < -0.4 is 5.32 Å². The second-order valence-corrected chi connectivity index (χ2v) is 5.17. The van der Waals surface area contributed by atoms with Gasteiger partial charge in [-0.15, -0.1) is 0 Å². The quantitative estimate of drug-likeness (QED) is 0.795. The number of amides is 2. The highest BCUT2D eigenvalue weighted by Crippen LogP contribution is 2.23. The maximum absolute atomic E-state index is 12.4. The first-order valence-corrected chi connectivity index (χ1v) is 7.13. The number of carbonyl (C=O) groups excluding carboxylic acids is 1. The van der Waals surface area contributed by atoms with E-state index in [4.69, 9.17) is 0 Å². The van der Waals surface area contributed by atoms with Crippen molar-refractivity contribution in [2.75, 3.05) is 12.4 Å². The van der Waals surface area contributed by atoms with E-state index in [2.05, 4.69) is 10.3 Å². The van der Waals surface area contributed by atoms with Gasteiger partial charge in [0.25, 0.3) is 0 Å². The van der Waals surface area contributed by atoms with E-state index in [-0.39, 0.29) is 6.03 Å². The third-order valence-electron chi connectivity index (χ3n) is 3.52. The van der Waals surface area contributed by atoms with Crippen LogP contribution in [0.4, 0.5) is 10.5 Å². The average molecular weight is 291 g/mol. The Morgan fingerprint density at radius 3 is 2.73 bits per heavy atom. The number of carbonyl (C=O) groups is 1. The molecule has 22 heavy (non-hydrogen) atoms. The molecule has 0 unspecified atom stereocenters. The lowest BCUT2D eigenvalue weighted by Gasteiger charge is -2.18. The van der Waals surface area contributed by atoms with Crippen molar-refractivity contribution in [1.82, 2.24) is 9.88 Å². The summed E-state index contributed by atoms with van der Waals surface area (Å²) in [5.74, 6) is 0. The van der Waals surface area contributed by atoms with E-state index in [1.807, 2.05) is 54.6 Å². The van der Waals surface area contributed by atoms with Crippen molar-refractivity contribution in [3.05, 3.63) is 72.6 Å². The molecule has 0 saturated carbocycles. The Kier molecular flexibility index (Phi) is 4.01. The van der Waals surface area contributed by atoms with Gasteiger partial charge in [-0.3, -0.25) is 4.98 Å². The van der Waals surface area contributed by atoms with Gasteiger partial charge in [-0.05, 0) is 23.1 Å². The Morgan fingerprint density at radius 1 is 1.09 bits per heavy atom. The Labute approximate surface area is 129 Å². The molecule has 0 bridgehead atoms. The van der Waals surface area contributed by atoms with Gasteiger partial charge in [0.1, 0.15) is 0 Å². The van der Waals surface area contributed by atoms with Crippen LogP contribution in [0.2, 0.25) is 0 Å². The summed E-state index contributed by atoms with van der Waals surface area (Å²) in [6.45, 7) is 0.518. The van der Waals surface area contributed by atoms with Crippen LogP contribution in [0.5, 0.6) is 0 Å². The zero-order valence-electron chi connectivity index (χ0n) is 12.4. The van der Waals surface area contributed by atoms with Crippen molar-refractivity contribution in [3.63, 3.8) is 0 Å². The molecule has 2 aromatic carbocycles. The van der Waals surface area contributed by atoms with E-state index >= 15 is 0 Å². The van der Waals surface area contributed by atoms with Gasteiger partial charge in [-0.25, -0.2) is 4.79 Å². The van der Waals surface area contributed by atoms with E-state index in [9.17, 15) is 4.79 Å². The molecule has 0 radical (unpaired) electrons. The van der Waals surface area contributed by atoms with Gasteiger partial charge in [0.2, 0.25) is 0 Å². The first-order chi connectivity index (χ1) is 10.7. The number of urea groups is 1. The molecule has 0 atom stereocenters. The highest BCUT2D eigenvalue weighted by Gasteiger charge is 2.10. The fraction of sp³-hybridized carbons (Fsp3) is 0.111. The zero-order chi connectivity index (χ0) is 15.4. The lowest BCUT2D eigenvalue weighted by molar-refractivity contribution is 0.220.